The summed E-state index contributed by atoms with van der Waals surface area (Å²) in [6, 6.07) is 10.5. The minimum absolute atomic E-state index is 0.0461. The van der Waals surface area contributed by atoms with Crippen molar-refractivity contribution in [1.82, 2.24) is 10.3 Å². The molecule has 1 N–H and O–H groups in total. The van der Waals surface area contributed by atoms with Crippen molar-refractivity contribution in [2.24, 2.45) is 5.92 Å². The smallest absolute Gasteiger partial charge is 0.309 e. The van der Waals surface area contributed by atoms with Gasteiger partial charge in [0.15, 0.2) is 5.13 Å². The number of hydrogen-bond donors (Lipinski definition) is 1. The lowest BCUT2D eigenvalue weighted by Crippen LogP contribution is -2.38. The van der Waals surface area contributed by atoms with Crippen molar-refractivity contribution in [2.45, 2.75) is 65.7 Å². The van der Waals surface area contributed by atoms with Gasteiger partial charge < -0.3 is 24.4 Å². The molecule has 0 saturated carbocycles. The molecular formula is C31H39N3O4S. The van der Waals surface area contributed by atoms with Crippen molar-refractivity contribution < 1.29 is 19.0 Å². The number of aromatic nitrogens is 1. The Morgan fingerprint density at radius 3 is 2.74 bits per heavy atom. The quantitative estimate of drug-likeness (QED) is 0.367. The number of fused-ring (bicyclic) bond motifs is 1. The van der Waals surface area contributed by atoms with Crippen LogP contribution in [0, 0.1) is 12.8 Å². The maximum Gasteiger partial charge on any atom is 0.309 e. The third-order valence-corrected chi connectivity index (χ3v) is 8.22. The van der Waals surface area contributed by atoms with Crippen LogP contribution in [0.4, 0.5) is 5.13 Å². The minimum Gasteiger partial charge on any atom is -0.496 e. The van der Waals surface area contributed by atoms with Crippen LogP contribution in [0.1, 0.15) is 55.9 Å². The van der Waals surface area contributed by atoms with E-state index in [0.717, 1.165) is 84.5 Å². The molecule has 2 aromatic carbocycles. The Morgan fingerprint density at radius 2 is 2.00 bits per heavy atom. The minimum atomic E-state index is -0.449. The topological polar surface area (TPSA) is 72.9 Å². The predicted octanol–water partition coefficient (Wildman–Crippen LogP) is 5.91. The fourth-order valence-corrected chi connectivity index (χ4v) is 6.20. The van der Waals surface area contributed by atoms with Crippen LogP contribution in [0.15, 0.2) is 35.7 Å². The molecule has 0 atom stereocenters. The molecule has 208 valence electrons. The van der Waals surface area contributed by atoms with Crippen LogP contribution >= 0.6 is 11.3 Å². The van der Waals surface area contributed by atoms with Crippen molar-refractivity contribution in [3.63, 3.8) is 0 Å². The Bertz CT molecular complexity index is 1300. The number of nitrogens with zero attached hydrogens (tertiary/aromatic N) is 2. The van der Waals surface area contributed by atoms with Crippen molar-refractivity contribution in [1.29, 1.82) is 0 Å². The first-order valence-corrected chi connectivity index (χ1v) is 14.7. The van der Waals surface area contributed by atoms with Crippen molar-refractivity contribution >= 4 is 22.4 Å². The van der Waals surface area contributed by atoms with Crippen molar-refractivity contribution in [3.05, 3.63) is 58.0 Å². The first-order chi connectivity index (χ1) is 18.7. The molecule has 0 radical (unpaired) electrons. The second-order valence-electron chi connectivity index (χ2n) is 11.4. The molecule has 0 aliphatic carbocycles. The van der Waals surface area contributed by atoms with E-state index in [0.29, 0.717) is 6.61 Å². The molecule has 8 heteroatoms. The van der Waals surface area contributed by atoms with E-state index in [-0.39, 0.29) is 11.9 Å². The van der Waals surface area contributed by atoms with Gasteiger partial charge in [0.05, 0.1) is 18.7 Å². The zero-order valence-corrected chi connectivity index (χ0v) is 24.5. The van der Waals surface area contributed by atoms with Gasteiger partial charge in [0.25, 0.3) is 0 Å². The van der Waals surface area contributed by atoms with Crippen LogP contribution in [-0.2, 0) is 29.1 Å². The molecule has 5 rings (SSSR count). The molecule has 2 aliphatic rings. The number of piperidine rings is 1. The van der Waals surface area contributed by atoms with Gasteiger partial charge in [-0.05, 0) is 82.3 Å². The number of hydrogen-bond acceptors (Lipinski definition) is 8. The first kappa shape index (κ1) is 27.5. The molecule has 39 heavy (non-hydrogen) atoms. The molecule has 1 fully saturated rings. The fourth-order valence-electron chi connectivity index (χ4n) is 5.32. The number of aryl methyl sites for hydroxylation is 1. The summed E-state index contributed by atoms with van der Waals surface area (Å²) < 4.78 is 17.8. The molecule has 3 heterocycles. The summed E-state index contributed by atoms with van der Waals surface area (Å²) in [5.74, 6) is 1.64. The summed E-state index contributed by atoms with van der Waals surface area (Å²) in [6.45, 7) is 11.7. The summed E-state index contributed by atoms with van der Waals surface area (Å²) in [5.41, 5.74) is 6.22. The van der Waals surface area contributed by atoms with Gasteiger partial charge in [-0.2, -0.15) is 0 Å². The first-order valence-electron chi connectivity index (χ1n) is 13.8. The molecule has 1 aromatic heterocycles. The number of nitrogens with one attached hydrogen (secondary N) is 1. The number of anilines is 1. The Morgan fingerprint density at radius 1 is 1.21 bits per heavy atom. The maximum absolute atomic E-state index is 12.5. The molecular weight excluding hydrogens is 510 g/mol. The molecule has 1 saturated heterocycles. The third kappa shape index (κ3) is 6.39. The van der Waals surface area contributed by atoms with Gasteiger partial charge in [-0.15, -0.1) is 11.3 Å². The van der Waals surface area contributed by atoms with E-state index in [9.17, 15) is 4.79 Å². The summed E-state index contributed by atoms with van der Waals surface area (Å²) in [7, 11) is 1.73. The third-order valence-electron chi connectivity index (χ3n) is 7.32. The average molecular weight is 550 g/mol. The van der Waals surface area contributed by atoms with E-state index >= 15 is 0 Å². The lowest BCUT2D eigenvalue weighted by atomic mass is 9.97. The van der Waals surface area contributed by atoms with Crippen molar-refractivity contribution in [3.8, 4) is 22.8 Å². The van der Waals surface area contributed by atoms with Crippen LogP contribution in [0.25, 0.3) is 11.3 Å². The van der Waals surface area contributed by atoms with Gasteiger partial charge in [0, 0.05) is 36.1 Å². The van der Waals surface area contributed by atoms with E-state index in [4.69, 9.17) is 19.2 Å². The predicted molar refractivity (Wildman–Crippen MR) is 156 cm³/mol. The highest BCUT2D eigenvalue weighted by Crippen LogP contribution is 2.37. The Labute approximate surface area is 235 Å². The number of benzene rings is 2. The number of thiazole rings is 1. The molecule has 0 unspecified atom stereocenters. The van der Waals surface area contributed by atoms with Gasteiger partial charge in [0.1, 0.15) is 23.7 Å². The molecule has 0 bridgehead atoms. The van der Waals surface area contributed by atoms with Crippen LogP contribution < -0.4 is 19.7 Å². The standard InChI is InChI=1S/C31H39N3O4S/c1-20-7-6-8-24(28(20)37-18-21-15-23-9-12-32-17-25(23)27(16-21)36-5)26-19-39-30(33-26)34-13-10-22(11-14-34)29(35)38-31(2,3)4/h6-8,15-16,19,22,32H,9-14,17-18H2,1-5H3. The number of carbonyl (C=O) groups is 1. The second-order valence-corrected chi connectivity index (χ2v) is 12.2. The maximum atomic E-state index is 12.5. The van der Waals surface area contributed by atoms with E-state index in [1.807, 2.05) is 20.8 Å². The van der Waals surface area contributed by atoms with Gasteiger partial charge in [-0.1, -0.05) is 18.2 Å². The van der Waals surface area contributed by atoms with E-state index in [2.05, 4.69) is 52.9 Å². The van der Waals surface area contributed by atoms with E-state index in [1.54, 1.807) is 18.4 Å². The molecule has 2 aliphatic heterocycles. The van der Waals surface area contributed by atoms with E-state index < -0.39 is 5.60 Å². The summed E-state index contributed by atoms with van der Waals surface area (Å²) >= 11 is 1.64. The lowest BCUT2D eigenvalue weighted by molar-refractivity contribution is -0.160. The van der Waals surface area contributed by atoms with E-state index in [1.165, 1.54) is 11.1 Å². The lowest BCUT2D eigenvalue weighted by Gasteiger charge is -2.32. The Balaban J connectivity index is 1.28. The highest BCUT2D eigenvalue weighted by Gasteiger charge is 2.30. The zero-order valence-electron chi connectivity index (χ0n) is 23.6. The number of rotatable bonds is 7. The normalized spacial score (nSPS) is 16.1. The fraction of sp³-hybridized carbons (Fsp3) is 0.484. The monoisotopic (exact) mass is 549 g/mol. The van der Waals surface area contributed by atoms with Crippen LogP contribution in [-0.4, -0.2) is 43.3 Å². The SMILES string of the molecule is COc1cc(COc2c(C)cccc2-c2csc(N3CCC(C(=O)OC(C)(C)C)CC3)n2)cc2c1CNCC2. The summed E-state index contributed by atoms with van der Waals surface area (Å²) in [5, 5.41) is 6.51. The molecule has 3 aromatic rings. The highest BCUT2D eigenvalue weighted by molar-refractivity contribution is 7.14. The van der Waals surface area contributed by atoms with Gasteiger partial charge in [-0.25, -0.2) is 4.98 Å². The number of esters is 1. The van der Waals surface area contributed by atoms with Crippen LogP contribution in [0.3, 0.4) is 0 Å². The summed E-state index contributed by atoms with van der Waals surface area (Å²) in [4.78, 5) is 19.8. The highest BCUT2D eigenvalue weighted by atomic mass is 32.1. The molecule has 0 amide bonds. The van der Waals surface area contributed by atoms with Gasteiger partial charge >= 0.3 is 5.97 Å². The Kier molecular flexibility index (Phi) is 8.14. The number of para-hydroxylation sites is 1. The zero-order chi connectivity index (χ0) is 27.6. The van der Waals surface area contributed by atoms with Gasteiger partial charge in [0.2, 0.25) is 0 Å². The molecule has 7 nitrogen and oxygen atoms in total. The van der Waals surface area contributed by atoms with Crippen molar-refractivity contribution in [2.75, 3.05) is 31.6 Å². The number of ether oxygens (including phenoxy) is 3. The second kappa shape index (κ2) is 11.6. The number of methoxy groups -OCH3 is 1. The molecule has 0 spiro atoms. The van der Waals surface area contributed by atoms with Gasteiger partial charge in [-0.3, -0.25) is 4.79 Å². The Hall–Kier alpha value is -3.10. The van der Waals surface area contributed by atoms with Crippen LogP contribution in [0.2, 0.25) is 0 Å². The summed E-state index contributed by atoms with van der Waals surface area (Å²) in [6.07, 6.45) is 2.55. The average Bonchev–Trinajstić information content (AvgIpc) is 3.41. The van der Waals surface area contributed by atoms with Crippen LogP contribution in [0.5, 0.6) is 11.5 Å². The largest absolute Gasteiger partial charge is 0.496 e. The number of carbonyl (C=O) groups excluding carboxylic acids is 1.